The number of hydrogen-bond donors (Lipinski definition) is 1. The molecule has 0 radical (unpaired) electrons. The average molecular weight is 292 g/mol. The lowest BCUT2D eigenvalue weighted by Gasteiger charge is -2.35. The molecule has 1 aliphatic rings. The van der Waals surface area contributed by atoms with Gasteiger partial charge in [-0.05, 0) is 63.4 Å². The molecule has 0 saturated carbocycles. The van der Waals surface area contributed by atoms with Gasteiger partial charge in [-0.15, -0.1) is 0 Å². The van der Waals surface area contributed by atoms with E-state index in [4.69, 9.17) is 0 Å². The molecular formula is C17H25FN2O. The molecule has 0 aromatic heterocycles. The van der Waals surface area contributed by atoms with Crippen LogP contribution in [0.2, 0.25) is 0 Å². The van der Waals surface area contributed by atoms with E-state index in [0.29, 0.717) is 6.04 Å². The van der Waals surface area contributed by atoms with Gasteiger partial charge in [0, 0.05) is 19.0 Å². The van der Waals surface area contributed by atoms with Crippen LogP contribution in [0.3, 0.4) is 0 Å². The number of benzene rings is 1. The van der Waals surface area contributed by atoms with Crippen LogP contribution in [0, 0.1) is 11.7 Å². The van der Waals surface area contributed by atoms with E-state index in [2.05, 4.69) is 17.1 Å². The number of halogens is 1. The maximum Gasteiger partial charge on any atom is 0.222 e. The lowest BCUT2D eigenvalue weighted by molar-refractivity contribution is -0.126. The molecule has 2 rings (SSSR count). The SMILES string of the molecule is CNC(=O)C1CCN([C@@H](C)CCc2cccc(F)c2)CC1. The van der Waals surface area contributed by atoms with Crippen LogP contribution in [-0.4, -0.2) is 37.0 Å². The van der Waals surface area contributed by atoms with Crippen LogP contribution in [0.5, 0.6) is 0 Å². The van der Waals surface area contributed by atoms with Gasteiger partial charge in [0.1, 0.15) is 5.82 Å². The number of likely N-dealkylation sites (tertiary alicyclic amines) is 1. The van der Waals surface area contributed by atoms with Crippen molar-refractivity contribution in [2.75, 3.05) is 20.1 Å². The van der Waals surface area contributed by atoms with Gasteiger partial charge in [0.25, 0.3) is 0 Å². The highest BCUT2D eigenvalue weighted by Crippen LogP contribution is 2.21. The smallest absolute Gasteiger partial charge is 0.222 e. The van der Waals surface area contributed by atoms with E-state index in [9.17, 15) is 9.18 Å². The highest BCUT2D eigenvalue weighted by Gasteiger charge is 2.26. The predicted molar refractivity (Wildman–Crippen MR) is 82.5 cm³/mol. The van der Waals surface area contributed by atoms with Crippen molar-refractivity contribution in [3.8, 4) is 0 Å². The molecule has 1 aromatic carbocycles. The molecule has 1 aromatic rings. The maximum atomic E-state index is 13.2. The molecule has 4 heteroatoms. The Morgan fingerprint density at radius 2 is 2.14 bits per heavy atom. The van der Waals surface area contributed by atoms with Crippen LogP contribution in [-0.2, 0) is 11.2 Å². The summed E-state index contributed by atoms with van der Waals surface area (Å²) < 4.78 is 13.2. The topological polar surface area (TPSA) is 32.3 Å². The van der Waals surface area contributed by atoms with E-state index in [1.54, 1.807) is 19.2 Å². The van der Waals surface area contributed by atoms with Crippen LogP contribution in [0.25, 0.3) is 0 Å². The number of carbonyl (C=O) groups is 1. The Balaban J connectivity index is 1.77. The standard InChI is InChI=1S/C17H25FN2O/c1-13(6-7-14-4-3-5-16(18)12-14)20-10-8-15(9-11-20)17(21)19-2/h3-5,12-13,15H,6-11H2,1-2H3,(H,19,21)/t13-/m0/s1. The molecule has 0 spiro atoms. The minimum absolute atomic E-state index is 0.161. The zero-order valence-corrected chi connectivity index (χ0v) is 12.9. The fraction of sp³-hybridized carbons (Fsp3) is 0.588. The van der Waals surface area contributed by atoms with E-state index in [1.165, 1.54) is 6.07 Å². The second kappa shape index (κ2) is 7.55. The van der Waals surface area contributed by atoms with Gasteiger partial charge in [-0.3, -0.25) is 4.79 Å². The molecule has 1 aliphatic heterocycles. The molecular weight excluding hydrogens is 267 g/mol. The highest BCUT2D eigenvalue weighted by atomic mass is 19.1. The van der Waals surface area contributed by atoms with Gasteiger partial charge in [-0.25, -0.2) is 4.39 Å². The van der Waals surface area contributed by atoms with Crippen molar-refractivity contribution in [3.05, 3.63) is 35.6 Å². The number of aryl methyl sites for hydroxylation is 1. The first-order valence-electron chi connectivity index (χ1n) is 7.80. The van der Waals surface area contributed by atoms with Crippen LogP contribution >= 0.6 is 0 Å². The third-order valence-corrected chi connectivity index (χ3v) is 4.51. The summed E-state index contributed by atoms with van der Waals surface area (Å²) in [6, 6.07) is 7.32. The summed E-state index contributed by atoms with van der Waals surface area (Å²) in [5, 5.41) is 2.74. The Morgan fingerprint density at radius 1 is 1.43 bits per heavy atom. The van der Waals surface area contributed by atoms with Crippen molar-refractivity contribution in [2.45, 2.75) is 38.6 Å². The maximum absolute atomic E-state index is 13.2. The fourth-order valence-corrected chi connectivity index (χ4v) is 3.06. The number of nitrogens with one attached hydrogen (secondary N) is 1. The molecule has 21 heavy (non-hydrogen) atoms. The van der Waals surface area contributed by atoms with E-state index < -0.39 is 0 Å². The fourth-order valence-electron chi connectivity index (χ4n) is 3.06. The molecule has 116 valence electrons. The summed E-state index contributed by atoms with van der Waals surface area (Å²) in [5.41, 5.74) is 1.06. The third kappa shape index (κ3) is 4.53. The first-order valence-corrected chi connectivity index (χ1v) is 7.80. The minimum atomic E-state index is -0.161. The molecule has 1 fully saturated rings. The Labute approximate surface area is 126 Å². The van der Waals surface area contributed by atoms with Gasteiger partial charge in [0.15, 0.2) is 0 Å². The number of carbonyl (C=O) groups excluding carboxylic acids is 1. The normalized spacial score (nSPS) is 18.4. The lowest BCUT2D eigenvalue weighted by Crippen LogP contribution is -2.43. The van der Waals surface area contributed by atoms with Gasteiger partial charge in [0.2, 0.25) is 5.91 Å². The summed E-state index contributed by atoms with van der Waals surface area (Å²) in [4.78, 5) is 14.1. The molecule has 3 nitrogen and oxygen atoms in total. The molecule has 1 saturated heterocycles. The number of amides is 1. The van der Waals surface area contributed by atoms with Crippen molar-refractivity contribution < 1.29 is 9.18 Å². The highest BCUT2D eigenvalue weighted by molar-refractivity contribution is 5.78. The number of piperidine rings is 1. The molecule has 1 N–H and O–H groups in total. The van der Waals surface area contributed by atoms with E-state index in [0.717, 1.165) is 44.3 Å². The van der Waals surface area contributed by atoms with Crippen molar-refractivity contribution >= 4 is 5.91 Å². The quantitative estimate of drug-likeness (QED) is 0.905. The van der Waals surface area contributed by atoms with Crippen molar-refractivity contribution in [2.24, 2.45) is 5.92 Å². The van der Waals surface area contributed by atoms with Crippen LogP contribution in [0.1, 0.15) is 31.7 Å². The van der Waals surface area contributed by atoms with Crippen LogP contribution in [0.4, 0.5) is 4.39 Å². The van der Waals surface area contributed by atoms with Gasteiger partial charge < -0.3 is 10.2 Å². The molecule has 0 unspecified atom stereocenters. The van der Waals surface area contributed by atoms with Crippen LogP contribution in [0.15, 0.2) is 24.3 Å². The summed E-state index contributed by atoms with van der Waals surface area (Å²) in [6.45, 7) is 4.17. The van der Waals surface area contributed by atoms with E-state index >= 15 is 0 Å². The summed E-state index contributed by atoms with van der Waals surface area (Å²) >= 11 is 0. The lowest BCUT2D eigenvalue weighted by atomic mass is 9.94. The zero-order valence-electron chi connectivity index (χ0n) is 12.9. The number of nitrogens with zero attached hydrogens (tertiary/aromatic N) is 1. The molecule has 1 amide bonds. The number of rotatable bonds is 5. The van der Waals surface area contributed by atoms with Gasteiger partial charge in [-0.2, -0.15) is 0 Å². The first kappa shape index (κ1) is 16.0. The van der Waals surface area contributed by atoms with Gasteiger partial charge in [0.05, 0.1) is 0 Å². The Bertz CT molecular complexity index is 470. The van der Waals surface area contributed by atoms with Gasteiger partial charge >= 0.3 is 0 Å². The van der Waals surface area contributed by atoms with Gasteiger partial charge in [-0.1, -0.05) is 12.1 Å². The van der Waals surface area contributed by atoms with E-state index in [1.807, 2.05) is 6.07 Å². The number of hydrogen-bond acceptors (Lipinski definition) is 2. The van der Waals surface area contributed by atoms with Crippen molar-refractivity contribution in [3.63, 3.8) is 0 Å². The molecule has 1 heterocycles. The molecule has 0 aliphatic carbocycles. The minimum Gasteiger partial charge on any atom is -0.359 e. The average Bonchev–Trinajstić information content (AvgIpc) is 2.52. The van der Waals surface area contributed by atoms with E-state index in [-0.39, 0.29) is 17.6 Å². The first-order chi connectivity index (χ1) is 10.1. The largest absolute Gasteiger partial charge is 0.359 e. The Hall–Kier alpha value is -1.42. The molecule has 0 bridgehead atoms. The monoisotopic (exact) mass is 292 g/mol. The Kier molecular flexibility index (Phi) is 5.74. The van der Waals surface area contributed by atoms with Crippen LogP contribution < -0.4 is 5.32 Å². The van der Waals surface area contributed by atoms with Crippen molar-refractivity contribution in [1.29, 1.82) is 0 Å². The second-order valence-corrected chi connectivity index (χ2v) is 5.94. The predicted octanol–water partition coefficient (Wildman–Crippen LogP) is 2.60. The third-order valence-electron chi connectivity index (χ3n) is 4.51. The second-order valence-electron chi connectivity index (χ2n) is 5.94. The summed E-state index contributed by atoms with van der Waals surface area (Å²) in [5.74, 6) is 0.176. The molecule has 1 atom stereocenters. The Morgan fingerprint density at radius 3 is 2.76 bits per heavy atom. The summed E-state index contributed by atoms with van der Waals surface area (Å²) in [6.07, 6.45) is 3.79. The zero-order chi connectivity index (χ0) is 15.2. The van der Waals surface area contributed by atoms with Crippen molar-refractivity contribution in [1.82, 2.24) is 10.2 Å². The summed E-state index contributed by atoms with van der Waals surface area (Å²) in [7, 11) is 1.70.